The third kappa shape index (κ3) is 0.981. The number of nitrogens with zero attached hydrogens (tertiary/aromatic N) is 2. The molecule has 0 aromatic carbocycles. The first kappa shape index (κ1) is 6.34. The number of hydrogen-bond donors (Lipinski definition) is 1. The molecule has 0 saturated heterocycles. The van der Waals surface area contributed by atoms with Crippen molar-refractivity contribution in [2.24, 2.45) is 4.99 Å². The van der Waals surface area contributed by atoms with Crippen molar-refractivity contribution in [2.75, 3.05) is 5.32 Å². The van der Waals surface area contributed by atoms with E-state index in [9.17, 15) is 0 Å². The Labute approximate surface area is 65.2 Å². The highest BCUT2D eigenvalue weighted by Gasteiger charge is 2.11. The first-order chi connectivity index (χ1) is 5.38. The Bertz CT molecular complexity index is 293. The Hall–Kier alpha value is -1.38. The quantitative estimate of drug-likeness (QED) is 0.605. The van der Waals surface area contributed by atoms with Crippen molar-refractivity contribution >= 4 is 12.2 Å². The number of pyridine rings is 1. The van der Waals surface area contributed by atoms with E-state index in [1.165, 1.54) is 0 Å². The van der Waals surface area contributed by atoms with Crippen molar-refractivity contribution in [1.82, 2.24) is 4.98 Å². The average Bonchev–Trinajstić information content (AvgIpc) is 2.06. The summed E-state index contributed by atoms with van der Waals surface area (Å²) >= 11 is 0. The van der Waals surface area contributed by atoms with Crippen LogP contribution in [0.15, 0.2) is 23.3 Å². The van der Waals surface area contributed by atoms with Gasteiger partial charge in [0.25, 0.3) is 0 Å². The van der Waals surface area contributed by atoms with Crippen LogP contribution in [0.25, 0.3) is 0 Å². The summed E-state index contributed by atoms with van der Waals surface area (Å²) < 4.78 is 0. The lowest BCUT2D eigenvalue weighted by atomic mass is 10.1. The fourth-order valence-corrected chi connectivity index (χ4v) is 1.17. The zero-order chi connectivity index (χ0) is 7.68. The molecule has 0 saturated carbocycles. The highest BCUT2D eigenvalue weighted by molar-refractivity contribution is 5.78. The van der Waals surface area contributed by atoms with Crippen molar-refractivity contribution in [3.63, 3.8) is 0 Å². The third-order valence-corrected chi connectivity index (χ3v) is 1.79. The van der Waals surface area contributed by atoms with E-state index in [0.717, 1.165) is 11.4 Å². The number of hydrogen-bond acceptors (Lipinski definition) is 3. The summed E-state index contributed by atoms with van der Waals surface area (Å²) in [6, 6.07) is 4.20. The second kappa shape index (κ2) is 2.34. The monoisotopic (exact) mass is 147 g/mol. The van der Waals surface area contributed by atoms with Crippen LogP contribution < -0.4 is 5.32 Å². The van der Waals surface area contributed by atoms with Gasteiger partial charge in [-0.3, -0.25) is 4.99 Å². The van der Waals surface area contributed by atoms with Crippen LogP contribution in [-0.4, -0.2) is 11.3 Å². The van der Waals surface area contributed by atoms with Crippen molar-refractivity contribution in [3.05, 3.63) is 23.9 Å². The summed E-state index contributed by atoms with van der Waals surface area (Å²) in [5.41, 5.74) is 1.16. The molecule has 2 heterocycles. The maximum absolute atomic E-state index is 4.20. The highest BCUT2D eigenvalue weighted by Crippen LogP contribution is 2.24. The van der Waals surface area contributed by atoms with Gasteiger partial charge in [-0.25, -0.2) is 4.98 Å². The molecular weight excluding hydrogens is 138 g/mol. The second-order valence-electron chi connectivity index (χ2n) is 2.54. The Morgan fingerprint density at radius 1 is 1.55 bits per heavy atom. The molecule has 56 valence electrons. The Morgan fingerprint density at radius 3 is 3.27 bits per heavy atom. The van der Waals surface area contributed by atoms with Gasteiger partial charge in [0.15, 0.2) is 0 Å². The van der Waals surface area contributed by atoms with E-state index in [1.54, 1.807) is 12.5 Å². The molecule has 3 nitrogen and oxygen atoms in total. The first-order valence-electron chi connectivity index (χ1n) is 3.61. The minimum atomic E-state index is 0.236. The molecule has 1 unspecified atom stereocenters. The molecule has 0 aliphatic carbocycles. The first-order valence-corrected chi connectivity index (χ1v) is 3.61. The van der Waals surface area contributed by atoms with Crippen molar-refractivity contribution in [3.8, 4) is 0 Å². The number of aliphatic imine (C=N–C) groups is 1. The van der Waals surface area contributed by atoms with Gasteiger partial charge in [0.05, 0.1) is 12.4 Å². The Morgan fingerprint density at radius 2 is 2.45 bits per heavy atom. The summed E-state index contributed by atoms with van der Waals surface area (Å²) in [6.07, 6.45) is 3.47. The van der Waals surface area contributed by atoms with Crippen molar-refractivity contribution in [1.29, 1.82) is 0 Å². The van der Waals surface area contributed by atoms with Gasteiger partial charge in [0.1, 0.15) is 5.82 Å². The highest BCUT2D eigenvalue weighted by atomic mass is 15.1. The van der Waals surface area contributed by atoms with Gasteiger partial charge >= 0.3 is 0 Å². The van der Waals surface area contributed by atoms with Crippen LogP contribution in [0, 0.1) is 0 Å². The van der Waals surface area contributed by atoms with Gasteiger partial charge in [0.2, 0.25) is 0 Å². The second-order valence-corrected chi connectivity index (χ2v) is 2.54. The van der Waals surface area contributed by atoms with E-state index in [2.05, 4.69) is 22.2 Å². The maximum atomic E-state index is 4.20. The van der Waals surface area contributed by atoms with Gasteiger partial charge in [-0.1, -0.05) is 6.07 Å². The molecule has 0 fully saturated rings. The zero-order valence-corrected chi connectivity index (χ0v) is 6.28. The molecule has 1 aromatic rings. The Kier molecular flexibility index (Phi) is 1.35. The SMILES string of the molecule is CC1N=CNc2ncccc21. The Balaban J connectivity index is 2.50. The molecule has 1 aliphatic rings. The molecule has 2 rings (SSSR count). The van der Waals surface area contributed by atoms with Crippen LogP contribution in [0.3, 0.4) is 0 Å². The van der Waals surface area contributed by atoms with Gasteiger partial charge < -0.3 is 5.32 Å². The molecule has 3 heteroatoms. The molecule has 0 bridgehead atoms. The van der Waals surface area contributed by atoms with E-state index in [0.29, 0.717) is 0 Å². The predicted octanol–water partition coefficient (Wildman–Crippen LogP) is 1.60. The van der Waals surface area contributed by atoms with Gasteiger partial charge in [-0.15, -0.1) is 0 Å². The van der Waals surface area contributed by atoms with Crippen LogP contribution in [0.4, 0.5) is 5.82 Å². The minimum absolute atomic E-state index is 0.236. The molecule has 1 aliphatic heterocycles. The normalized spacial score (nSPS) is 20.6. The smallest absolute Gasteiger partial charge is 0.136 e. The van der Waals surface area contributed by atoms with Crippen LogP contribution >= 0.6 is 0 Å². The topological polar surface area (TPSA) is 37.3 Å². The van der Waals surface area contributed by atoms with Crippen LogP contribution in [0.5, 0.6) is 0 Å². The summed E-state index contributed by atoms with van der Waals surface area (Å²) in [5.74, 6) is 0.926. The summed E-state index contributed by atoms with van der Waals surface area (Å²) in [6.45, 7) is 2.05. The fourth-order valence-electron chi connectivity index (χ4n) is 1.17. The van der Waals surface area contributed by atoms with E-state index in [4.69, 9.17) is 0 Å². The zero-order valence-electron chi connectivity index (χ0n) is 6.28. The molecule has 1 aromatic heterocycles. The molecule has 1 atom stereocenters. The van der Waals surface area contributed by atoms with E-state index >= 15 is 0 Å². The summed E-state index contributed by atoms with van der Waals surface area (Å²) in [5, 5.41) is 2.99. The summed E-state index contributed by atoms with van der Waals surface area (Å²) in [7, 11) is 0. The molecule has 0 amide bonds. The lowest BCUT2D eigenvalue weighted by Gasteiger charge is -2.15. The predicted molar refractivity (Wildman–Crippen MR) is 44.8 cm³/mol. The minimum Gasteiger partial charge on any atom is -0.331 e. The number of nitrogens with one attached hydrogen (secondary N) is 1. The van der Waals surface area contributed by atoms with E-state index in [-0.39, 0.29) is 6.04 Å². The number of fused-ring (bicyclic) bond motifs is 1. The maximum Gasteiger partial charge on any atom is 0.136 e. The molecular formula is C8H9N3. The number of anilines is 1. The van der Waals surface area contributed by atoms with Crippen LogP contribution in [-0.2, 0) is 0 Å². The lowest BCUT2D eigenvalue weighted by Crippen LogP contribution is -2.09. The average molecular weight is 147 g/mol. The number of aromatic nitrogens is 1. The molecule has 1 N–H and O–H groups in total. The number of rotatable bonds is 0. The van der Waals surface area contributed by atoms with Crippen molar-refractivity contribution < 1.29 is 0 Å². The fraction of sp³-hybridized carbons (Fsp3) is 0.250. The third-order valence-electron chi connectivity index (χ3n) is 1.79. The van der Waals surface area contributed by atoms with Crippen molar-refractivity contribution in [2.45, 2.75) is 13.0 Å². The largest absolute Gasteiger partial charge is 0.331 e. The van der Waals surface area contributed by atoms with E-state index < -0.39 is 0 Å². The van der Waals surface area contributed by atoms with Crippen LogP contribution in [0.2, 0.25) is 0 Å². The molecule has 0 radical (unpaired) electrons. The van der Waals surface area contributed by atoms with Gasteiger partial charge in [-0.05, 0) is 13.0 Å². The lowest BCUT2D eigenvalue weighted by molar-refractivity contribution is 0.811. The molecule has 11 heavy (non-hydrogen) atoms. The van der Waals surface area contributed by atoms with Gasteiger partial charge in [0, 0.05) is 11.8 Å². The van der Waals surface area contributed by atoms with Gasteiger partial charge in [-0.2, -0.15) is 0 Å². The molecule has 0 spiro atoms. The van der Waals surface area contributed by atoms with Crippen LogP contribution in [0.1, 0.15) is 18.5 Å². The van der Waals surface area contributed by atoms with E-state index in [1.807, 2.05) is 12.1 Å². The summed E-state index contributed by atoms with van der Waals surface area (Å²) in [4.78, 5) is 8.36. The standard InChI is InChI=1S/C8H9N3/c1-6-7-3-2-4-9-8(7)11-5-10-6/h2-6H,1H3,(H,9,10,11).